The largest absolute Gasteiger partial charge is 0.310 e. The number of amides is 2. The van der Waals surface area contributed by atoms with Crippen molar-refractivity contribution in [3.63, 3.8) is 0 Å². The molecule has 1 aromatic heterocycles. The van der Waals surface area contributed by atoms with E-state index in [0.717, 1.165) is 9.79 Å². The van der Waals surface area contributed by atoms with Crippen LogP contribution in [-0.4, -0.2) is 23.8 Å². The van der Waals surface area contributed by atoms with Gasteiger partial charge in [0.1, 0.15) is 5.82 Å². The second-order valence-corrected chi connectivity index (χ2v) is 6.90. The summed E-state index contributed by atoms with van der Waals surface area (Å²) in [4.78, 5) is 32.8. The normalized spacial score (nSPS) is 12.8. The molecule has 0 bridgehead atoms. The fraction of sp³-hybridized carbons (Fsp3) is 0.0500. The van der Waals surface area contributed by atoms with Crippen molar-refractivity contribution in [1.29, 1.82) is 0 Å². The highest BCUT2D eigenvalue weighted by atomic mass is 32.2. The molecule has 3 aromatic rings. The number of fused-ring (bicyclic) bond motifs is 2. The van der Waals surface area contributed by atoms with Crippen molar-refractivity contribution in [2.24, 2.45) is 0 Å². The highest BCUT2D eigenvalue weighted by Crippen LogP contribution is 2.41. The molecule has 1 aliphatic rings. The van der Waals surface area contributed by atoms with E-state index in [2.05, 4.69) is 10.3 Å². The summed E-state index contributed by atoms with van der Waals surface area (Å²) in [5, 5.41) is 2.76. The lowest BCUT2D eigenvalue weighted by Crippen LogP contribution is -2.26. The standard InChI is InChI=1S/C20H15N3O2S/c1-23-15-12-13(19(24)22-18-8-4-5-11-21-18)9-10-17(15)26-16-7-3-2-6-14(16)20(23)25/h2-12H,1H3,(H,21,22,24). The van der Waals surface area contributed by atoms with Crippen molar-refractivity contribution in [2.45, 2.75) is 9.79 Å². The van der Waals surface area contributed by atoms with Crippen molar-refractivity contribution in [2.75, 3.05) is 17.3 Å². The topological polar surface area (TPSA) is 62.3 Å². The molecule has 0 spiro atoms. The summed E-state index contributed by atoms with van der Waals surface area (Å²) in [6, 6.07) is 18.2. The average molecular weight is 361 g/mol. The van der Waals surface area contributed by atoms with Crippen LogP contribution in [0.3, 0.4) is 0 Å². The second-order valence-electron chi connectivity index (χ2n) is 5.81. The minimum absolute atomic E-state index is 0.0888. The van der Waals surface area contributed by atoms with Crippen LogP contribution in [0.4, 0.5) is 11.5 Å². The molecule has 1 aliphatic heterocycles. The summed E-state index contributed by atoms with van der Waals surface area (Å²) in [5.41, 5.74) is 1.85. The number of carbonyl (C=O) groups excluding carboxylic acids is 2. The molecule has 0 unspecified atom stereocenters. The molecule has 0 aliphatic carbocycles. The molecular formula is C20H15N3O2S. The number of anilines is 2. The molecule has 5 nitrogen and oxygen atoms in total. The molecule has 0 saturated carbocycles. The Morgan fingerprint density at radius 3 is 2.65 bits per heavy atom. The molecule has 26 heavy (non-hydrogen) atoms. The number of pyridine rings is 1. The number of nitrogens with one attached hydrogen (secondary N) is 1. The monoisotopic (exact) mass is 361 g/mol. The van der Waals surface area contributed by atoms with Gasteiger partial charge in [0, 0.05) is 28.6 Å². The summed E-state index contributed by atoms with van der Waals surface area (Å²) in [6.07, 6.45) is 1.62. The lowest BCUT2D eigenvalue weighted by molar-refractivity contribution is 0.0987. The van der Waals surface area contributed by atoms with Crippen LogP contribution in [0, 0.1) is 0 Å². The predicted octanol–water partition coefficient (Wildman–Crippen LogP) is 4.08. The zero-order valence-corrected chi connectivity index (χ0v) is 14.8. The molecule has 6 heteroatoms. The van der Waals surface area contributed by atoms with Crippen LogP contribution in [0.2, 0.25) is 0 Å². The quantitative estimate of drug-likeness (QED) is 0.747. The first-order chi connectivity index (χ1) is 12.6. The first-order valence-electron chi connectivity index (χ1n) is 8.05. The van der Waals surface area contributed by atoms with Gasteiger partial charge in [-0.15, -0.1) is 0 Å². The molecule has 0 saturated heterocycles. The Kier molecular flexibility index (Phi) is 4.18. The third kappa shape index (κ3) is 2.95. The summed E-state index contributed by atoms with van der Waals surface area (Å²) in [5.74, 6) is 0.131. The zero-order valence-electron chi connectivity index (χ0n) is 14.0. The number of hydrogen-bond acceptors (Lipinski definition) is 4. The third-order valence-corrected chi connectivity index (χ3v) is 5.27. The maximum atomic E-state index is 12.8. The van der Waals surface area contributed by atoms with E-state index < -0.39 is 0 Å². The van der Waals surface area contributed by atoms with E-state index in [9.17, 15) is 9.59 Å². The maximum Gasteiger partial charge on any atom is 0.259 e. The van der Waals surface area contributed by atoms with Crippen LogP contribution in [0.25, 0.3) is 0 Å². The summed E-state index contributed by atoms with van der Waals surface area (Å²) >= 11 is 1.53. The average Bonchev–Trinajstić information content (AvgIpc) is 2.78. The zero-order chi connectivity index (χ0) is 18.1. The van der Waals surface area contributed by atoms with E-state index in [0.29, 0.717) is 22.6 Å². The first kappa shape index (κ1) is 16.4. The van der Waals surface area contributed by atoms with Crippen LogP contribution >= 0.6 is 11.8 Å². The Labute approximate surface area is 155 Å². The lowest BCUT2D eigenvalue weighted by atomic mass is 10.1. The lowest BCUT2D eigenvalue weighted by Gasteiger charge is -2.18. The van der Waals surface area contributed by atoms with Gasteiger partial charge in [0.2, 0.25) is 0 Å². The van der Waals surface area contributed by atoms with Crippen molar-refractivity contribution >= 4 is 35.1 Å². The van der Waals surface area contributed by atoms with Crippen LogP contribution < -0.4 is 10.2 Å². The Hall–Kier alpha value is -3.12. The molecule has 2 amide bonds. The first-order valence-corrected chi connectivity index (χ1v) is 8.86. The van der Waals surface area contributed by atoms with Crippen LogP contribution in [0.15, 0.2) is 76.7 Å². The minimum atomic E-state index is -0.265. The SMILES string of the molecule is CN1C(=O)c2ccccc2Sc2ccc(C(=O)Nc3ccccn3)cc21. The predicted molar refractivity (Wildman–Crippen MR) is 102 cm³/mol. The molecule has 4 rings (SSSR count). The molecule has 0 radical (unpaired) electrons. The van der Waals surface area contributed by atoms with Gasteiger partial charge in [-0.3, -0.25) is 9.59 Å². The molecule has 0 fully saturated rings. The second kappa shape index (κ2) is 6.65. The molecular weight excluding hydrogens is 346 g/mol. The van der Waals surface area contributed by atoms with Gasteiger partial charge in [0.05, 0.1) is 11.3 Å². The number of nitrogens with zero attached hydrogens (tertiary/aromatic N) is 2. The summed E-state index contributed by atoms with van der Waals surface area (Å²) in [7, 11) is 1.73. The Balaban J connectivity index is 1.69. The van der Waals surface area contributed by atoms with E-state index in [-0.39, 0.29) is 11.8 Å². The van der Waals surface area contributed by atoms with E-state index in [1.54, 1.807) is 48.5 Å². The van der Waals surface area contributed by atoms with Gasteiger partial charge in [0.25, 0.3) is 11.8 Å². The number of benzene rings is 2. The van der Waals surface area contributed by atoms with Crippen molar-refractivity contribution in [1.82, 2.24) is 4.98 Å². The van der Waals surface area contributed by atoms with E-state index in [1.165, 1.54) is 11.8 Å². The number of carbonyl (C=O) groups is 2. The van der Waals surface area contributed by atoms with E-state index >= 15 is 0 Å². The molecule has 2 aromatic carbocycles. The van der Waals surface area contributed by atoms with Gasteiger partial charge in [-0.25, -0.2) is 4.98 Å². The van der Waals surface area contributed by atoms with E-state index in [4.69, 9.17) is 0 Å². The van der Waals surface area contributed by atoms with Gasteiger partial charge in [-0.2, -0.15) is 0 Å². The summed E-state index contributed by atoms with van der Waals surface area (Å²) < 4.78 is 0. The summed E-state index contributed by atoms with van der Waals surface area (Å²) in [6.45, 7) is 0. The fourth-order valence-electron chi connectivity index (χ4n) is 2.77. The molecule has 2 heterocycles. The van der Waals surface area contributed by atoms with Crippen molar-refractivity contribution < 1.29 is 9.59 Å². The van der Waals surface area contributed by atoms with Crippen LogP contribution in [0.1, 0.15) is 20.7 Å². The van der Waals surface area contributed by atoms with Gasteiger partial charge in [-0.05, 0) is 42.5 Å². The third-order valence-electron chi connectivity index (χ3n) is 4.13. The van der Waals surface area contributed by atoms with Crippen molar-refractivity contribution in [3.8, 4) is 0 Å². The van der Waals surface area contributed by atoms with Gasteiger partial charge in [0.15, 0.2) is 0 Å². The van der Waals surface area contributed by atoms with Gasteiger partial charge >= 0.3 is 0 Å². The number of aromatic nitrogens is 1. The number of hydrogen-bond donors (Lipinski definition) is 1. The highest BCUT2D eigenvalue weighted by Gasteiger charge is 2.25. The number of rotatable bonds is 2. The Morgan fingerprint density at radius 2 is 1.85 bits per heavy atom. The molecule has 1 N–H and O–H groups in total. The highest BCUT2D eigenvalue weighted by molar-refractivity contribution is 7.99. The fourth-order valence-corrected chi connectivity index (χ4v) is 3.86. The Morgan fingerprint density at radius 1 is 1.04 bits per heavy atom. The smallest absolute Gasteiger partial charge is 0.259 e. The van der Waals surface area contributed by atoms with E-state index in [1.807, 2.05) is 30.3 Å². The molecule has 128 valence electrons. The van der Waals surface area contributed by atoms with Crippen molar-refractivity contribution in [3.05, 3.63) is 78.0 Å². The minimum Gasteiger partial charge on any atom is -0.310 e. The van der Waals surface area contributed by atoms with Crippen LogP contribution in [0.5, 0.6) is 0 Å². The van der Waals surface area contributed by atoms with Gasteiger partial charge < -0.3 is 10.2 Å². The van der Waals surface area contributed by atoms with Gasteiger partial charge in [-0.1, -0.05) is 30.0 Å². The maximum absolute atomic E-state index is 12.8. The molecule has 0 atom stereocenters. The van der Waals surface area contributed by atoms with Crippen LogP contribution in [-0.2, 0) is 0 Å². The Bertz CT molecular complexity index is 1000.